The zero-order valence-corrected chi connectivity index (χ0v) is 19.4. The fourth-order valence-corrected chi connectivity index (χ4v) is 4.88. The van der Waals surface area contributed by atoms with E-state index in [9.17, 15) is 5.11 Å². The number of hydrogen-bond donors (Lipinski definition) is 1. The van der Waals surface area contributed by atoms with Crippen LogP contribution in [0.3, 0.4) is 0 Å². The summed E-state index contributed by atoms with van der Waals surface area (Å²) in [5, 5.41) is 11.9. The predicted octanol–water partition coefficient (Wildman–Crippen LogP) is 6.56. The number of fused-ring (bicyclic) bond motifs is 1. The highest BCUT2D eigenvalue weighted by Gasteiger charge is 2.22. The molecule has 1 N–H and O–H groups in total. The molecule has 0 spiro atoms. The van der Waals surface area contributed by atoms with Gasteiger partial charge < -0.3 is 9.67 Å². The minimum atomic E-state index is -0.486. The van der Waals surface area contributed by atoms with Gasteiger partial charge in [-0.25, -0.2) is 9.87 Å². The third-order valence-corrected chi connectivity index (χ3v) is 6.90. The summed E-state index contributed by atoms with van der Waals surface area (Å²) in [7, 11) is 1.49. The lowest BCUT2D eigenvalue weighted by atomic mass is 9.89. The standard InChI is InChI=1S/C25H32N2O3S/c1-17(2)24(28)22-16-27(15-18-7-5-4-6-8-18)25-21(22)13-14-23(26-25)19-9-11-20(12-10-19)31-30-29-3/h9-14,16-18,24,28H,4-8,15H2,1-3H3. The molecule has 0 bridgehead atoms. The summed E-state index contributed by atoms with van der Waals surface area (Å²) >= 11 is 1.18. The van der Waals surface area contributed by atoms with Gasteiger partial charge in [0.1, 0.15) is 5.65 Å². The summed E-state index contributed by atoms with van der Waals surface area (Å²) in [5.74, 6) is 0.851. The van der Waals surface area contributed by atoms with Crippen LogP contribution in [0.25, 0.3) is 22.3 Å². The van der Waals surface area contributed by atoms with E-state index in [-0.39, 0.29) is 5.92 Å². The number of aliphatic hydroxyl groups excluding tert-OH is 1. The van der Waals surface area contributed by atoms with Gasteiger partial charge in [0, 0.05) is 34.2 Å². The van der Waals surface area contributed by atoms with Crippen molar-refractivity contribution in [3.8, 4) is 11.3 Å². The van der Waals surface area contributed by atoms with Gasteiger partial charge in [-0.3, -0.25) is 0 Å². The Labute approximate surface area is 188 Å². The third kappa shape index (κ3) is 5.14. The van der Waals surface area contributed by atoms with Crippen molar-refractivity contribution in [1.82, 2.24) is 9.55 Å². The Bertz CT molecular complexity index is 994. The van der Waals surface area contributed by atoms with E-state index < -0.39 is 6.10 Å². The molecule has 1 unspecified atom stereocenters. The maximum atomic E-state index is 10.8. The summed E-state index contributed by atoms with van der Waals surface area (Å²) in [6, 6.07) is 12.3. The number of benzene rings is 1. The Balaban J connectivity index is 1.69. The van der Waals surface area contributed by atoms with Gasteiger partial charge in [0.2, 0.25) is 0 Å². The van der Waals surface area contributed by atoms with Crippen LogP contribution in [0.15, 0.2) is 47.5 Å². The van der Waals surface area contributed by atoms with Gasteiger partial charge in [-0.2, -0.15) is 4.33 Å². The highest BCUT2D eigenvalue weighted by molar-refractivity contribution is 7.94. The number of aliphatic hydroxyl groups is 1. The largest absolute Gasteiger partial charge is 0.388 e. The lowest BCUT2D eigenvalue weighted by molar-refractivity contribution is -0.160. The predicted molar refractivity (Wildman–Crippen MR) is 125 cm³/mol. The van der Waals surface area contributed by atoms with Gasteiger partial charge in [0.25, 0.3) is 0 Å². The van der Waals surface area contributed by atoms with E-state index in [1.54, 1.807) is 0 Å². The van der Waals surface area contributed by atoms with E-state index in [1.807, 2.05) is 24.3 Å². The Morgan fingerprint density at radius 2 is 1.84 bits per heavy atom. The van der Waals surface area contributed by atoms with Gasteiger partial charge in [-0.05, 0) is 48.9 Å². The van der Waals surface area contributed by atoms with Gasteiger partial charge in [-0.1, -0.05) is 45.2 Å². The first-order valence-electron chi connectivity index (χ1n) is 11.2. The molecule has 166 valence electrons. The second-order valence-electron chi connectivity index (χ2n) is 8.84. The first kappa shape index (κ1) is 22.3. The zero-order chi connectivity index (χ0) is 21.8. The molecule has 2 heterocycles. The summed E-state index contributed by atoms with van der Waals surface area (Å²) in [6.45, 7) is 5.09. The summed E-state index contributed by atoms with van der Waals surface area (Å²) < 4.78 is 7.21. The number of pyridine rings is 1. The van der Waals surface area contributed by atoms with Crippen molar-refractivity contribution in [3.05, 3.63) is 48.2 Å². The molecule has 0 saturated heterocycles. The molecule has 1 saturated carbocycles. The first-order valence-corrected chi connectivity index (χ1v) is 12.0. The molecule has 1 aliphatic rings. The SMILES string of the molecule is COOSc1ccc(-c2ccc3c(C(O)C(C)C)cn(CC4CCCCC4)c3n2)cc1. The Hall–Kier alpha value is -1.86. The minimum Gasteiger partial charge on any atom is -0.388 e. The van der Waals surface area contributed by atoms with Crippen molar-refractivity contribution < 1.29 is 14.3 Å². The van der Waals surface area contributed by atoms with Crippen LogP contribution in [0.4, 0.5) is 0 Å². The van der Waals surface area contributed by atoms with Crippen molar-refractivity contribution >= 4 is 23.1 Å². The molecule has 0 aliphatic heterocycles. The highest BCUT2D eigenvalue weighted by Crippen LogP contribution is 2.34. The summed E-state index contributed by atoms with van der Waals surface area (Å²) in [5.41, 5.74) is 3.95. The molecule has 0 radical (unpaired) electrons. The topological polar surface area (TPSA) is 56.5 Å². The molecule has 1 aromatic carbocycles. The quantitative estimate of drug-likeness (QED) is 0.244. The molecular weight excluding hydrogens is 408 g/mol. The van der Waals surface area contributed by atoms with Crippen LogP contribution in [0.1, 0.15) is 57.6 Å². The average Bonchev–Trinajstić information content (AvgIpc) is 3.15. The number of aromatic nitrogens is 2. The van der Waals surface area contributed by atoms with Crippen molar-refractivity contribution in [2.24, 2.45) is 11.8 Å². The second kappa shape index (κ2) is 10.2. The molecule has 6 heteroatoms. The van der Waals surface area contributed by atoms with Gasteiger partial charge >= 0.3 is 0 Å². The highest BCUT2D eigenvalue weighted by atomic mass is 32.2. The van der Waals surface area contributed by atoms with Crippen LogP contribution in [-0.2, 0) is 15.8 Å². The molecular formula is C25H32N2O3S. The minimum absolute atomic E-state index is 0.160. The van der Waals surface area contributed by atoms with Gasteiger partial charge in [-0.15, -0.1) is 0 Å². The van der Waals surface area contributed by atoms with E-state index in [0.717, 1.165) is 39.3 Å². The number of nitrogens with zero attached hydrogens (tertiary/aromatic N) is 2. The van der Waals surface area contributed by atoms with Crippen LogP contribution in [0.2, 0.25) is 0 Å². The molecule has 3 aromatic rings. The van der Waals surface area contributed by atoms with Crippen molar-refractivity contribution in [1.29, 1.82) is 0 Å². The van der Waals surface area contributed by atoms with E-state index in [1.165, 1.54) is 51.3 Å². The Kier molecular flexibility index (Phi) is 7.33. The zero-order valence-electron chi connectivity index (χ0n) is 18.6. The second-order valence-corrected chi connectivity index (χ2v) is 9.61. The smallest absolute Gasteiger partial charge is 0.140 e. The van der Waals surface area contributed by atoms with Crippen LogP contribution < -0.4 is 0 Å². The Morgan fingerprint density at radius 1 is 1.10 bits per heavy atom. The van der Waals surface area contributed by atoms with Crippen molar-refractivity contribution in [3.63, 3.8) is 0 Å². The molecule has 2 aromatic heterocycles. The molecule has 1 fully saturated rings. The fraction of sp³-hybridized carbons (Fsp3) is 0.480. The Morgan fingerprint density at radius 3 is 2.52 bits per heavy atom. The number of hydrogen-bond acceptors (Lipinski definition) is 5. The third-order valence-electron chi connectivity index (χ3n) is 6.23. The van der Waals surface area contributed by atoms with Crippen LogP contribution in [0, 0.1) is 11.8 Å². The van der Waals surface area contributed by atoms with E-state index in [0.29, 0.717) is 5.92 Å². The maximum Gasteiger partial charge on any atom is 0.140 e. The average molecular weight is 441 g/mol. The first-order chi connectivity index (χ1) is 15.1. The lowest BCUT2D eigenvalue weighted by Crippen LogP contribution is -2.14. The molecule has 1 aliphatic carbocycles. The van der Waals surface area contributed by atoms with Crippen LogP contribution in [0.5, 0.6) is 0 Å². The van der Waals surface area contributed by atoms with Crippen LogP contribution >= 0.6 is 12.0 Å². The van der Waals surface area contributed by atoms with Crippen molar-refractivity contribution in [2.75, 3.05) is 7.11 Å². The van der Waals surface area contributed by atoms with Gasteiger partial charge in [0.05, 0.1) is 31.0 Å². The molecule has 5 nitrogen and oxygen atoms in total. The lowest BCUT2D eigenvalue weighted by Gasteiger charge is -2.22. The van der Waals surface area contributed by atoms with Crippen LogP contribution in [-0.4, -0.2) is 21.8 Å². The van der Waals surface area contributed by atoms with E-state index in [4.69, 9.17) is 9.32 Å². The molecule has 0 amide bonds. The maximum absolute atomic E-state index is 10.8. The van der Waals surface area contributed by atoms with Crippen molar-refractivity contribution in [2.45, 2.75) is 63.5 Å². The number of rotatable bonds is 8. The molecule has 4 rings (SSSR count). The monoisotopic (exact) mass is 440 g/mol. The van der Waals surface area contributed by atoms with E-state index in [2.05, 4.69) is 41.6 Å². The van der Waals surface area contributed by atoms with Gasteiger partial charge in [0.15, 0.2) is 0 Å². The normalized spacial score (nSPS) is 16.3. The fourth-order valence-electron chi connectivity index (χ4n) is 4.49. The summed E-state index contributed by atoms with van der Waals surface area (Å²) in [6.07, 6.45) is 8.21. The molecule has 31 heavy (non-hydrogen) atoms. The van der Waals surface area contributed by atoms with E-state index >= 15 is 0 Å². The summed E-state index contributed by atoms with van der Waals surface area (Å²) in [4.78, 5) is 10.7. The molecule has 1 atom stereocenters.